The van der Waals surface area contributed by atoms with E-state index in [0.29, 0.717) is 11.3 Å². The Labute approximate surface area is 152 Å². The highest BCUT2D eigenvalue weighted by atomic mass is 32.2. The molecule has 2 aromatic rings. The van der Waals surface area contributed by atoms with Crippen LogP contribution in [-0.2, 0) is 26.0 Å². The lowest BCUT2D eigenvalue weighted by Crippen LogP contribution is -2.30. The number of hydrogen-bond donors (Lipinski definition) is 2. The number of hydrogen-bond acceptors (Lipinski definition) is 5. The van der Waals surface area contributed by atoms with Crippen molar-refractivity contribution in [3.05, 3.63) is 59.7 Å². The lowest BCUT2D eigenvalue weighted by atomic mass is 10.1. The fourth-order valence-electron chi connectivity index (χ4n) is 2.13. The van der Waals surface area contributed by atoms with Crippen LogP contribution in [-0.4, -0.2) is 26.4 Å². The summed E-state index contributed by atoms with van der Waals surface area (Å²) in [5.74, 6) is -1.13. The minimum atomic E-state index is -3.80. The molecule has 26 heavy (non-hydrogen) atoms. The number of aryl methyl sites for hydroxylation is 1. The number of benzene rings is 2. The van der Waals surface area contributed by atoms with Gasteiger partial charge in [0.05, 0.1) is 10.5 Å². The van der Waals surface area contributed by atoms with E-state index in [1.54, 1.807) is 12.1 Å². The molecule has 7 nitrogen and oxygen atoms in total. The number of carbonyl (C=O) groups is 2. The Hall–Kier alpha value is -2.71. The van der Waals surface area contributed by atoms with E-state index in [-0.39, 0.29) is 4.90 Å². The van der Waals surface area contributed by atoms with Crippen molar-refractivity contribution in [3.63, 3.8) is 0 Å². The number of anilines is 1. The van der Waals surface area contributed by atoms with Crippen molar-refractivity contribution >= 4 is 27.6 Å². The van der Waals surface area contributed by atoms with E-state index in [0.717, 1.165) is 12.0 Å². The molecule has 1 atom stereocenters. The maximum absolute atomic E-state index is 12.1. The van der Waals surface area contributed by atoms with Gasteiger partial charge in [0.2, 0.25) is 10.0 Å². The summed E-state index contributed by atoms with van der Waals surface area (Å²) in [5.41, 5.74) is 1.81. The van der Waals surface area contributed by atoms with Gasteiger partial charge in [0.15, 0.2) is 6.10 Å². The first kappa shape index (κ1) is 19.6. The third-order valence-electron chi connectivity index (χ3n) is 3.70. The topological polar surface area (TPSA) is 116 Å². The molecule has 0 aliphatic heterocycles. The van der Waals surface area contributed by atoms with Gasteiger partial charge in [0, 0.05) is 5.69 Å². The van der Waals surface area contributed by atoms with Crippen molar-refractivity contribution in [1.29, 1.82) is 0 Å². The molecule has 0 radical (unpaired) electrons. The Bertz CT molecular complexity index is 890. The lowest BCUT2D eigenvalue weighted by molar-refractivity contribution is -0.123. The summed E-state index contributed by atoms with van der Waals surface area (Å²) in [6.45, 7) is 3.46. The third-order valence-corrected chi connectivity index (χ3v) is 4.63. The molecule has 0 aliphatic carbocycles. The second kappa shape index (κ2) is 8.11. The average molecular weight is 376 g/mol. The molecule has 138 valence electrons. The Kier molecular flexibility index (Phi) is 6.12. The fraction of sp³-hybridized carbons (Fsp3) is 0.222. The summed E-state index contributed by atoms with van der Waals surface area (Å²) >= 11 is 0. The zero-order valence-electron chi connectivity index (χ0n) is 14.4. The van der Waals surface area contributed by atoms with Gasteiger partial charge in [0.25, 0.3) is 5.91 Å². The van der Waals surface area contributed by atoms with Crippen LogP contribution in [0.25, 0.3) is 0 Å². The second-order valence-electron chi connectivity index (χ2n) is 5.66. The third kappa shape index (κ3) is 5.14. The zero-order valence-corrected chi connectivity index (χ0v) is 15.2. The first-order valence-corrected chi connectivity index (χ1v) is 9.49. The number of nitrogens with two attached hydrogens (primary N) is 1. The summed E-state index contributed by atoms with van der Waals surface area (Å²) in [6, 6.07) is 12.3. The number of esters is 1. The van der Waals surface area contributed by atoms with Gasteiger partial charge < -0.3 is 10.1 Å². The van der Waals surface area contributed by atoms with Gasteiger partial charge in [-0.2, -0.15) is 0 Å². The highest BCUT2D eigenvalue weighted by Gasteiger charge is 2.19. The van der Waals surface area contributed by atoms with Crippen molar-refractivity contribution in [2.24, 2.45) is 5.14 Å². The van der Waals surface area contributed by atoms with Crippen LogP contribution in [0.3, 0.4) is 0 Å². The van der Waals surface area contributed by atoms with Crippen LogP contribution in [0.4, 0.5) is 5.69 Å². The van der Waals surface area contributed by atoms with Gasteiger partial charge >= 0.3 is 5.97 Å². The molecule has 0 heterocycles. The van der Waals surface area contributed by atoms with Gasteiger partial charge in [-0.3, -0.25) is 4.79 Å². The van der Waals surface area contributed by atoms with Crippen molar-refractivity contribution in [3.8, 4) is 0 Å². The lowest BCUT2D eigenvalue weighted by Gasteiger charge is -2.14. The largest absolute Gasteiger partial charge is 0.449 e. The van der Waals surface area contributed by atoms with Crippen molar-refractivity contribution in [2.45, 2.75) is 31.3 Å². The van der Waals surface area contributed by atoms with Crippen LogP contribution < -0.4 is 10.5 Å². The molecule has 0 saturated carbocycles. The van der Waals surface area contributed by atoms with E-state index < -0.39 is 28.0 Å². The summed E-state index contributed by atoms with van der Waals surface area (Å²) in [6.07, 6.45) is -0.162. The Morgan fingerprint density at radius 1 is 1.08 bits per heavy atom. The minimum absolute atomic E-state index is 0.0644. The molecule has 2 rings (SSSR count). The number of carbonyl (C=O) groups excluding carboxylic acids is 2. The van der Waals surface area contributed by atoms with Gasteiger partial charge in [-0.15, -0.1) is 0 Å². The van der Waals surface area contributed by atoms with E-state index in [9.17, 15) is 18.0 Å². The smallest absolute Gasteiger partial charge is 0.338 e. The quantitative estimate of drug-likeness (QED) is 0.749. The molecule has 1 amide bonds. The molecule has 0 spiro atoms. The second-order valence-corrected chi connectivity index (χ2v) is 7.22. The summed E-state index contributed by atoms with van der Waals surface area (Å²) < 4.78 is 27.6. The van der Waals surface area contributed by atoms with Crippen LogP contribution in [0.5, 0.6) is 0 Å². The zero-order chi connectivity index (χ0) is 19.3. The first-order valence-electron chi connectivity index (χ1n) is 7.94. The molecule has 8 heteroatoms. The van der Waals surface area contributed by atoms with Crippen LogP contribution in [0.1, 0.15) is 29.8 Å². The summed E-state index contributed by atoms with van der Waals surface area (Å²) in [7, 11) is -3.80. The fourth-order valence-corrected chi connectivity index (χ4v) is 2.65. The highest BCUT2D eigenvalue weighted by molar-refractivity contribution is 7.89. The monoisotopic (exact) mass is 376 g/mol. The predicted molar refractivity (Wildman–Crippen MR) is 97.1 cm³/mol. The van der Waals surface area contributed by atoms with Crippen LogP contribution in [0.15, 0.2) is 53.4 Å². The van der Waals surface area contributed by atoms with Gasteiger partial charge in [-0.05, 0) is 55.3 Å². The van der Waals surface area contributed by atoms with Crippen molar-refractivity contribution < 1.29 is 22.7 Å². The van der Waals surface area contributed by atoms with E-state index in [1.807, 2.05) is 19.1 Å². The van der Waals surface area contributed by atoms with E-state index >= 15 is 0 Å². The average Bonchev–Trinajstić information content (AvgIpc) is 2.61. The number of sulfonamides is 1. The summed E-state index contributed by atoms with van der Waals surface area (Å²) in [4.78, 5) is 24.1. The number of amides is 1. The van der Waals surface area contributed by atoms with Gasteiger partial charge in [-0.1, -0.05) is 19.1 Å². The molecule has 0 aliphatic rings. The standard InChI is InChI=1S/C18H20N2O5S/c1-3-13-4-6-14(7-5-13)18(22)25-12(2)17(21)20-15-8-10-16(11-9-15)26(19,23)24/h4-12H,3H2,1-2H3,(H,20,21)(H2,19,23,24)/t12-/m0/s1. The molecule has 0 saturated heterocycles. The Morgan fingerprint density at radius 3 is 2.15 bits per heavy atom. The highest BCUT2D eigenvalue weighted by Crippen LogP contribution is 2.14. The molecule has 3 N–H and O–H groups in total. The van der Waals surface area contributed by atoms with Gasteiger partial charge in [0.1, 0.15) is 0 Å². The maximum Gasteiger partial charge on any atom is 0.338 e. The molecular weight excluding hydrogens is 356 g/mol. The van der Waals surface area contributed by atoms with Crippen LogP contribution in [0.2, 0.25) is 0 Å². The normalized spacial score (nSPS) is 12.3. The Morgan fingerprint density at radius 2 is 1.65 bits per heavy atom. The van der Waals surface area contributed by atoms with Gasteiger partial charge in [-0.25, -0.2) is 18.4 Å². The maximum atomic E-state index is 12.1. The SMILES string of the molecule is CCc1ccc(C(=O)O[C@@H](C)C(=O)Nc2ccc(S(N)(=O)=O)cc2)cc1. The van der Waals surface area contributed by atoms with E-state index in [1.165, 1.54) is 31.2 Å². The molecule has 0 unspecified atom stereocenters. The van der Waals surface area contributed by atoms with E-state index in [4.69, 9.17) is 9.88 Å². The predicted octanol–water partition coefficient (Wildman–Crippen LogP) is 2.08. The molecule has 0 bridgehead atoms. The summed E-state index contributed by atoms with van der Waals surface area (Å²) in [5, 5.41) is 7.56. The number of ether oxygens (including phenoxy) is 1. The first-order chi connectivity index (χ1) is 12.2. The van der Waals surface area contributed by atoms with Crippen molar-refractivity contribution in [1.82, 2.24) is 0 Å². The van der Waals surface area contributed by atoms with Crippen molar-refractivity contribution in [2.75, 3.05) is 5.32 Å². The minimum Gasteiger partial charge on any atom is -0.449 e. The molecule has 0 fully saturated rings. The number of nitrogens with one attached hydrogen (secondary N) is 1. The molecule has 0 aromatic heterocycles. The Balaban J connectivity index is 1.97. The van der Waals surface area contributed by atoms with E-state index in [2.05, 4.69) is 5.32 Å². The molecular formula is C18H20N2O5S. The van der Waals surface area contributed by atoms with Crippen LogP contribution in [0, 0.1) is 0 Å². The number of rotatable bonds is 6. The molecule has 2 aromatic carbocycles. The number of primary sulfonamides is 1. The van der Waals surface area contributed by atoms with Crippen LogP contribution >= 0.6 is 0 Å².